The van der Waals surface area contributed by atoms with Crippen molar-refractivity contribution in [3.63, 3.8) is 0 Å². The lowest BCUT2D eigenvalue weighted by Crippen LogP contribution is -2.39. The minimum Gasteiger partial charge on any atom is -0.462 e. The van der Waals surface area contributed by atoms with Crippen LogP contribution in [-0.2, 0) is 9.53 Å². The summed E-state index contributed by atoms with van der Waals surface area (Å²) < 4.78 is 5.11. The third kappa shape index (κ3) is 3.66. The molecule has 2 aliphatic rings. The summed E-state index contributed by atoms with van der Waals surface area (Å²) in [6.07, 6.45) is 5.27. The summed E-state index contributed by atoms with van der Waals surface area (Å²) in [5, 5.41) is 0.429. The number of hydrogen-bond acceptors (Lipinski definition) is 4. The predicted molar refractivity (Wildman–Crippen MR) is 86.5 cm³/mol. The summed E-state index contributed by atoms with van der Waals surface area (Å²) in [7, 11) is 0. The van der Waals surface area contributed by atoms with E-state index in [1.54, 1.807) is 19.2 Å². The summed E-state index contributed by atoms with van der Waals surface area (Å²) in [5.41, 5.74) is 1.19. The Morgan fingerprint density at radius 3 is 2.61 bits per heavy atom. The van der Waals surface area contributed by atoms with Gasteiger partial charge < -0.3 is 9.64 Å². The Balaban J connectivity index is 1.72. The highest BCUT2D eigenvalue weighted by atomic mass is 35.5. The summed E-state index contributed by atoms with van der Waals surface area (Å²) in [4.78, 5) is 30.6. The molecule has 1 aliphatic carbocycles. The Bertz CT molecular complexity index is 608. The fourth-order valence-corrected chi connectivity index (χ4v) is 3.27. The predicted octanol–water partition coefficient (Wildman–Crippen LogP) is 3.03. The van der Waals surface area contributed by atoms with Gasteiger partial charge in [0.2, 0.25) is 5.91 Å². The number of halogens is 1. The summed E-state index contributed by atoms with van der Waals surface area (Å²) in [5.74, 6) is 0.331. The number of piperidine rings is 1. The van der Waals surface area contributed by atoms with Crippen molar-refractivity contribution in [1.29, 1.82) is 0 Å². The monoisotopic (exact) mass is 336 g/mol. The second-order valence-electron chi connectivity index (χ2n) is 6.18. The maximum Gasteiger partial charge on any atom is 0.340 e. The van der Waals surface area contributed by atoms with E-state index in [1.165, 1.54) is 0 Å². The normalized spacial score (nSPS) is 18.8. The molecule has 2 fully saturated rings. The molecular weight excluding hydrogens is 316 g/mol. The van der Waals surface area contributed by atoms with Gasteiger partial charge in [0.1, 0.15) is 0 Å². The molecule has 0 unspecified atom stereocenters. The van der Waals surface area contributed by atoms with Crippen LogP contribution < -0.4 is 0 Å². The molecule has 0 atom stereocenters. The molecular formula is C17H21ClN2O3. The van der Waals surface area contributed by atoms with Crippen molar-refractivity contribution < 1.29 is 14.3 Å². The van der Waals surface area contributed by atoms with Gasteiger partial charge in [0.05, 0.1) is 22.9 Å². The van der Waals surface area contributed by atoms with Gasteiger partial charge in [0, 0.05) is 31.1 Å². The molecule has 1 aliphatic heterocycles. The number of rotatable bonds is 4. The first-order valence-corrected chi connectivity index (χ1v) is 8.59. The fraction of sp³-hybridized carbons (Fsp3) is 0.588. The van der Waals surface area contributed by atoms with Crippen LogP contribution in [0.1, 0.15) is 54.6 Å². The Morgan fingerprint density at radius 1 is 1.30 bits per heavy atom. The molecule has 1 amide bonds. The van der Waals surface area contributed by atoms with Crippen molar-refractivity contribution >= 4 is 23.5 Å². The van der Waals surface area contributed by atoms with Crippen LogP contribution in [0.5, 0.6) is 0 Å². The van der Waals surface area contributed by atoms with Crippen LogP contribution in [-0.4, -0.2) is 41.5 Å². The van der Waals surface area contributed by atoms with Gasteiger partial charge in [0.25, 0.3) is 0 Å². The molecule has 0 N–H and O–H groups in total. The van der Waals surface area contributed by atoms with Crippen molar-refractivity contribution in [2.75, 3.05) is 19.7 Å². The van der Waals surface area contributed by atoms with Gasteiger partial charge in [0.15, 0.2) is 0 Å². The van der Waals surface area contributed by atoms with Crippen LogP contribution in [0.15, 0.2) is 12.3 Å². The molecule has 6 heteroatoms. The van der Waals surface area contributed by atoms with Crippen LogP contribution in [0.4, 0.5) is 0 Å². The van der Waals surface area contributed by atoms with Gasteiger partial charge in [-0.25, -0.2) is 4.79 Å². The van der Waals surface area contributed by atoms with Gasteiger partial charge in [-0.15, -0.1) is 0 Å². The smallest absolute Gasteiger partial charge is 0.340 e. The van der Waals surface area contributed by atoms with Crippen LogP contribution in [0.2, 0.25) is 5.02 Å². The van der Waals surface area contributed by atoms with Gasteiger partial charge >= 0.3 is 5.97 Å². The Hall–Kier alpha value is -1.62. The molecule has 3 rings (SSSR count). The molecule has 0 aromatic carbocycles. The van der Waals surface area contributed by atoms with E-state index in [2.05, 4.69) is 4.98 Å². The quantitative estimate of drug-likeness (QED) is 0.793. The zero-order valence-corrected chi connectivity index (χ0v) is 14.0. The molecule has 1 aromatic heterocycles. The van der Waals surface area contributed by atoms with Crippen molar-refractivity contribution in [1.82, 2.24) is 9.88 Å². The lowest BCUT2D eigenvalue weighted by Gasteiger charge is -2.32. The van der Waals surface area contributed by atoms with Crippen LogP contribution in [0, 0.1) is 5.92 Å². The second kappa shape index (κ2) is 6.87. The number of aromatic nitrogens is 1. The van der Waals surface area contributed by atoms with Gasteiger partial charge in [-0.1, -0.05) is 11.6 Å². The first kappa shape index (κ1) is 16.2. The fourth-order valence-electron chi connectivity index (χ4n) is 3.11. The number of esters is 1. The van der Waals surface area contributed by atoms with E-state index >= 15 is 0 Å². The summed E-state index contributed by atoms with van der Waals surface area (Å²) in [6.45, 7) is 3.55. The second-order valence-corrected chi connectivity index (χ2v) is 6.62. The first-order valence-electron chi connectivity index (χ1n) is 8.21. The molecule has 0 bridgehead atoms. The van der Waals surface area contributed by atoms with E-state index in [4.69, 9.17) is 16.3 Å². The standard InChI is InChI=1S/C17H21ClN2O3/c1-2-23-17(22)14-9-13(18)10-19-15(14)11-5-7-20(8-6-11)16(21)12-3-4-12/h9-12H,2-8H2,1H3. The van der Waals surface area contributed by atoms with Crippen molar-refractivity contribution in [2.45, 2.75) is 38.5 Å². The Kier molecular flexibility index (Phi) is 4.85. The molecule has 1 aromatic rings. The zero-order valence-electron chi connectivity index (χ0n) is 13.3. The first-order chi connectivity index (χ1) is 11.1. The van der Waals surface area contributed by atoms with E-state index < -0.39 is 0 Å². The van der Waals surface area contributed by atoms with E-state index in [-0.39, 0.29) is 23.7 Å². The van der Waals surface area contributed by atoms with E-state index in [0.29, 0.717) is 17.2 Å². The molecule has 0 radical (unpaired) electrons. The number of ether oxygens (including phenoxy) is 1. The molecule has 0 spiro atoms. The zero-order chi connectivity index (χ0) is 16.4. The van der Waals surface area contributed by atoms with Crippen LogP contribution >= 0.6 is 11.6 Å². The molecule has 23 heavy (non-hydrogen) atoms. The Labute approximate surface area is 141 Å². The minimum absolute atomic E-state index is 0.162. The van der Waals surface area contributed by atoms with Crippen LogP contribution in [0.3, 0.4) is 0 Å². The third-order valence-electron chi connectivity index (χ3n) is 4.50. The van der Waals surface area contributed by atoms with Crippen LogP contribution in [0.25, 0.3) is 0 Å². The largest absolute Gasteiger partial charge is 0.462 e. The number of pyridine rings is 1. The number of hydrogen-bond donors (Lipinski definition) is 0. The summed E-state index contributed by atoms with van der Waals surface area (Å²) >= 11 is 5.98. The molecule has 2 heterocycles. The number of amides is 1. The lowest BCUT2D eigenvalue weighted by atomic mass is 9.90. The number of likely N-dealkylation sites (tertiary alicyclic amines) is 1. The van der Waals surface area contributed by atoms with E-state index in [0.717, 1.165) is 44.5 Å². The Morgan fingerprint density at radius 2 is 2.00 bits per heavy atom. The number of carbonyl (C=O) groups excluding carboxylic acids is 2. The lowest BCUT2D eigenvalue weighted by molar-refractivity contribution is -0.133. The van der Waals surface area contributed by atoms with Crippen molar-refractivity contribution in [2.24, 2.45) is 5.92 Å². The highest BCUT2D eigenvalue weighted by Gasteiger charge is 2.35. The highest BCUT2D eigenvalue weighted by molar-refractivity contribution is 6.30. The van der Waals surface area contributed by atoms with Gasteiger partial charge in [-0.2, -0.15) is 0 Å². The molecule has 5 nitrogen and oxygen atoms in total. The highest BCUT2D eigenvalue weighted by Crippen LogP contribution is 2.35. The minimum atomic E-state index is -0.381. The van der Waals surface area contributed by atoms with E-state index in [1.807, 2.05) is 4.90 Å². The van der Waals surface area contributed by atoms with Gasteiger partial charge in [-0.3, -0.25) is 9.78 Å². The number of nitrogens with zero attached hydrogens (tertiary/aromatic N) is 2. The average Bonchev–Trinajstić information content (AvgIpc) is 3.39. The van der Waals surface area contributed by atoms with Crippen molar-refractivity contribution in [3.8, 4) is 0 Å². The van der Waals surface area contributed by atoms with E-state index in [9.17, 15) is 9.59 Å². The van der Waals surface area contributed by atoms with Gasteiger partial charge in [-0.05, 0) is 38.7 Å². The van der Waals surface area contributed by atoms with Crippen molar-refractivity contribution in [3.05, 3.63) is 28.5 Å². The molecule has 1 saturated carbocycles. The molecule has 1 saturated heterocycles. The average molecular weight is 337 g/mol. The molecule has 124 valence electrons. The summed E-state index contributed by atoms with van der Waals surface area (Å²) in [6, 6.07) is 1.63. The maximum atomic E-state index is 12.1. The topological polar surface area (TPSA) is 59.5 Å². The maximum absolute atomic E-state index is 12.1. The number of carbonyl (C=O) groups is 2. The SMILES string of the molecule is CCOC(=O)c1cc(Cl)cnc1C1CCN(C(=O)C2CC2)CC1. The third-order valence-corrected chi connectivity index (χ3v) is 4.71.